The van der Waals surface area contributed by atoms with Crippen molar-refractivity contribution in [1.29, 1.82) is 0 Å². The van der Waals surface area contributed by atoms with Crippen molar-refractivity contribution in [2.45, 2.75) is 12.3 Å². The molecule has 0 spiro atoms. The lowest BCUT2D eigenvalue weighted by Crippen LogP contribution is -2.19. The maximum Gasteiger partial charge on any atom is 0.316 e. The third kappa shape index (κ3) is 3.48. The van der Waals surface area contributed by atoms with E-state index < -0.39 is 6.03 Å². The first kappa shape index (κ1) is 15.0. The minimum atomic E-state index is -0.671. The summed E-state index contributed by atoms with van der Waals surface area (Å²) in [6.07, 6.45) is 0.631. The number of carbonyl (C=O) groups is 2. The van der Waals surface area contributed by atoms with Gasteiger partial charge in [-0.25, -0.2) is 9.18 Å². The van der Waals surface area contributed by atoms with E-state index >= 15 is 0 Å². The lowest BCUT2D eigenvalue weighted by Gasteiger charge is -2.08. The number of nitrogens with one attached hydrogen (secondary N) is 2. The van der Waals surface area contributed by atoms with E-state index in [0.717, 1.165) is 0 Å². The van der Waals surface area contributed by atoms with E-state index in [4.69, 9.17) is 5.73 Å². The van der Waals surface area contributed by atoms with Crippen molar-refractivity contribution in [3.8, 4) is 0 Å². The van der Waals surface area contributed by atoms with Gasteiger partial charge in [-0.2, -0.15) is 0 Å². The number of halogens is 1. The number of hydrogen-bond donors (Lipinski definition) is 3. The topological polar surface area (TPSA) is 84.2 Å². The average molecular weight is 313 g/mol. The number of amides is 3. The van der Waals surface area contributed by atoms with Crippen LogP contribution >= 0.6 is 0 Å². The Hall–Kier alpha value is -2.89. The van der Waals surface area contributed by atoms with Crippen LogP contribution < -0.4 is 16.4 Å². The summed E-state index contributed by atoms with van der Waals surface area (Å²) in [7, 11) is 0. The van der Waals surface area contributed by atoms with Crippen molar-refractivity contribution in [3.05, 3.63) is 59.9 Å². The highest BCUT2D eigenvalue weighted by Gasteiger charge is 2.45. The molecule has 23 heavy (non-hydrogen) atoms. The SMILES string of the molecule is NC(=O)Nc1cccc(NC(=O)C2CC2c2ccccc2F)c1. The number of urea groups is 1. The Morgan fingerprint density at radius 2 is 1.74 bits per heavy atom. The molecule has 2 aromatic carbocycles. The molecule has 0 saturated heterocycles. The van der Waals surface area contributed by atoms with Crippen molar-refractivity contribution in [2.24, 2.45) is 11.7 Å². The van der Waals surface area contributed by atoms with Gasteiger partial charge < -0.3 is 16.4 Å². The van der Waals surface area contributed by atoms with Crippen molar-refractivity contribution < 1.29 is 14.0 Å². The Kier molecular flexibility index (Phi) is 3.97. The summed E-state index contributed by atoms with van der Waals surface area (Å²) in [5.41, 5.74) is 6.69. The molecule has 3 amide bonds. The van der Waals surface area contributed by atoms with Gasteiger partial charge in [-0.05, 0) is 42.2 Å². The Bertz CT molecular complexity index is 763. The molecule has 0 aliphatic heterocycles. The number of primary amides is 1. The van der Waals surface area contributed by atoms with Gasteiger partial charge in [-0.15, -0.1) is 0 Å². The first-order valence-corrected chi connectivity index (χ1v) is 7.26. The summed E-state index contributed by atoms with van der Waals surface area (Å²) in [4.78, 5) is 23.1. The Labute approximate surface area is 132 Å². The van der Waals surface area contributed by atoms with E-state index in [1.54, 1.807) is 42.5 Å². The molecule has 2 unspecified atom stereocenters. The van der Waals surface area contributed by atoms with Crippen LogP contribution in [0.25, 0.3) is 0 Å². The number of hydrogen-bond acceptors (Lipinski definition) is 2. The predicted octanol–water partition coefficient (Wildman–Crippen LogP) is 3.06. The first-order valence-electron chi connectivity index (χ1n) is 7.26. The molecule has 0 aromatic heterocycles. The summed E-state index contributed by atoms with van der Waals surface area (Å²) in [6, 6.07) is 12.5. The summed E-state index contributed by atoms with van der Waals surface area (Å²) < 4.78 is 13.7. The smallest absolute Gasteiger partial charge is 0.316 e. The zero-order valence-corrected chi connectivity index (χ0v) is 12.3. The van der Waals surface area contributed by atoms with E-state index in [-0.39, 0.29) is 23.6 Å². The minimum Gasteiger partial charge on any atom is -0.351 e. The van der Waals surface area contributed by atoms with Gasteiger partial charge in [0, 0.05) is 17.3 Å². The van der Waals surface area contributed by atoms with Crippen LogP contribution in [0.2, 0.25) is 0 Å². The molecule has 0 heterocycles. The minimum absolute atomic E-state index is 0.0804. The van der Waals surface area contributed by atoms with Gasteiger partial charge in [0.15, 0.2) is 0 Å². The number of anilines is 2. The van der Waals surface area contributed by atoms with Gasteiger partial charge in [0.1, 0.15) is 5.82 Å². The number of rotatable bonds is 4. The molecule has 118 valence electrons. The molecule has 1 fully saturated rings. The molecule has 3 rings (SSSR count). The molecule has 6 heteroatoms. The van der Waals surface area contributed by atoms with Gasteiger partial charge >= 0.3 is 6.03 Å². The van der Waals surface area contributed by atoms with Crippen LogP contribution in [-0.4, -0.2) is 11.9 Å². The third-order valence-corrected chi connectivity index (χ3v) is 3.83. The van der Waals surface area contributed by atoms with Crippen LogP contribution in [0.4, 0.5) is 20.6 Å². The van der Waals surface area contributed by atoms with Crippen LogP contribution in [0.1, 0.15) is 17.9 Å². The second kappa shape index (κ2) is 6.08. The summed E-state index contributed by atoms with van der Waals surface area (Å²) in [5, 5.41) is 5.23. The number of benzene rings is 2. The fourth-order valence-corrected chi connectivity index (χ4v) is 2.66. The van der Waals surface area contributed by atoms with E-state index in [0.29, 0.717) is 23.4 Å². The monoisotopic (exact) mass is 313 g/mol. The van der Waals surface area contributed by atoms with Crippen LogP contribution in [0.3, 0.4) is 0 Å². The Morgan fingerprint density at radius 3 is 2.43 bits per heavy atom. The maximum absolute atomic E-state index is 13.7. The van der Waals surface area contributed by atoms with Gasteiger partial charge in [-0.3, -0.25) is 4.79 Å². The molecule has 5 nitrogen and oxygen atoms in total. The highest BCUT2D eigenvalue weighted by Crippen LogP contribution is 2.48. The van der Waals surface area contributed by atoms with Crippen LogP contribution in [0.15, 0.2) is 48.5 Å². The molecule has 0 radical (unpaired) electrons. The standard InChI is InChI=1S/C17H16FN3O2/c18-15-7-2-1-6-12(15)13-9-14(13)16(22)20-10-4-3-5-11(8-10)21-17(19)23/h1-8,13-14H,9H2,(H,20,22)(H3,19,21,23). The van der Waals surface area contributed by atoms with Crippen molar-refractivity contribution in [2.75, 3.05) is 10.6 Å². The highest BCUT2D eigenvalue weighted by atomic mass is 19.1. The molecule has 1 saturated carbocycles. The second-order valence-corrected chi connectivity index (χ2v) is 5.53. The van der Waals surface area contributed by atoms with Gasteiger partial charge in [-0.1, -0.05) is 24.3 Å². The first-order chi connectivity index (χ1) is 11.0. The van der Waals surface area contributed by atoms with Gasteiger partial charge in [0.05, 0.1) is 0 Å². The normalized spacial score (nSPS) is 19.0. The number of nitrogens with two attached hydrogens (primary N) is 1. The molecule has 4 N–H and O–H groups in total. The number of carbonyl (C=O) groups excluding carboxylic acids is 2. The molecule has 1 aliphatic rings. The molecule has 0 bridgehead atoms. The predicted molar refractivity (Wildman–Crippen MR) is 85.5 cm³/mol. The molecule has 1 aliphatic carbocycles. The summed E-state index contributed by atoms with van der Waals surface area (Å²) in [5.74, 6) is -0.752. The highest BCUT2D eigenvalue weighted by molar-refractivity contribution is 5.96. The lowest BCUT2D eigenvalue weighted by atomic mass is 10.1. The van der Waals surface area contributed by atoms with E-state index in [1.165, 1.54) is 6.07 Å². The second-order valence-electron chi connectivity index (χ2n) is 5.53. The van der Waals surface area contributed by atoms with Crippen LogP contribution in [-0.2, 0) is 4.79 Å². The van der Waals surface area contributed by atoms with Gasteiger partial charge in [0.2, 0.25) is 5.91 Å². The van der Waals surface area contributed by atoms with Crippen molar-refractivity contribution >= 4 is 23.3 Å². The third-order valence-electron chi connectivity index (χ3n) is 3.83. The fourth-order valence-electron chi connectivity index (χ4n) is 2.66. The van der Waals surface area contributed by atoms with Crippen molar-refractivity contribution in [3.63, 3.8) is 0 Å². The van der Waals surface area contributed by atoms with Crippen molar-refractivity contribution in [1.82, 2.24) is 0 Å². The summed E-state index contributed by atoms with van der Waals surface area (Å²) >= 11 is 0. The Balaban J connectivity index is 1.65. The Morgan fingerprint density at radius 1 is 1.04 bits per heavy atom. The van der Waals surface area contributed by atoms with E-state index in [1.807, 2.05) is 0 Å². The lowest BCUT2D eigenvalue weighted by molar-refractivity contribution is -0.117. The summed E-state index contributed by atoms with van der Waals surface area (Å²) in [6.45, 7) is 0. The zero-order valence-electron chi connectivity index (χ0n) is 12.3. The zero-order chi connectivity index (χ0) is 16.4. The molecule has 2 aromatic rings. The molecular formula is C17H16FN3O2. The van der Waals surface area contributed by atoms with Crippen LogP contribution in [0, 0.1) is 11.7 Å². The molecule has 2 atom stereocenters. The van der Waals surface area contributed by atoms with Gasteiger partial charge in [0.25, 0.3) is 0 Å². The maximum atomic E-state index is 13.7. The fraction of sp³-hybridized carbons (Fsp3) is 0.176. The van der Waals surface area contributed by atoms with Crippen LogP contribution in [0.5, 0.6) is 0 Å². The quantitative estimate of drug-likeness (QED) is 0.810. The molecular weight excluding hydrogens is 297 g/mol. The average Bonchev–Trinajstić information content (AvgIpc) is 3.28. The van der Waals surface area contributed by atoms with E-state index in [9.17, 15) is 14.0 Å². The van der Waals surface area contributed by atoms with E-state index in [2.05, 4.69) is 10.6 Å². The largest absolute Gasteiger partial charge is 0.351 e.